The summed E-state index contributed by atoms with van der Waals surface area (Å²) in [6, 6.07) is 73.2. The molecule has 0 fully saturated rings. The van der Waals surface area contributed by atoms with Gasteiger partial charge in [0.05, 0.1) is 22.8 Å². The van der Waals surface area contributed by atoms with Crippen LogP contribution in [0.2, 0.25) is 0 Å². The van der Waals surface area contributed by atoms with Crippen LogP contribution in [-0.2, 0) is 0 Å². The predicted octanol–water partition coefficient (Wildman–Crippen LogP) is 14.4. The number of aromatic nitrogens is 6. The van der Waals surface area contributed by atoms with Crippen molar-refractivity contribution in [3.05, 3.63) is 257 Å². The number of hydrogen-bond acceptors (Lipinski definition) is 7. The molecule has 10 heterocycles. The molecular weight excluding hydrogens is 984 g/mol. The van der Waals surface area contributed by atoms with Crippen molar-refractivity contribution < 1.29 is 4.65 Å². The van der Waals surface area contributed by atoms with Gasteiger partial charge in [0.25, 0.3) is 0 Å². The zero-order valence-electron chi connectivity index (χ0n) is 42.6. The van der Waals surface area contributed by atoms with E-state index in [0.717, 1.165) is 133 Å². The molecule has 5 aliphatic rings. The summed E-state index contributed by atoms with van der Waals surface area (Å²) in [7, 11) is -0.776. The van der Waals surface area contributed by atoms with Crippen LogP contribution in [0.1, 0.15) is 33.9 Å². The van der Waals surface area contributed by atoms with Crippen LogP contribution in [0.25, 0.3) is 112 Å². The summed E-state index contributed by atoms with van der Waals surface area (Å²) in [5.41, 5.74) is 18.4. The molecule has 0 spiro atoms. The fourth-order valence-electron chi connectivity index (χ4n) is 12.2. The lowest BCUT2D eigenvalue weighted by Gasteiger charge is -2.23. The fourth-order valence-corrected chi connectivity index (χ4v) is 12.2. The lowest BCUT2D eigenvalue weighted by Crippen LogP contribution is -2.52. The first-order valence-electron chi connectivity index (χ1n) is 26.7. The van der Waals surface area contributed by atoms with E-state index in [1.54, 1.807) is 0 Å². The Hall–Kier alpha value is -11.0. The minimum absolute atomic E-state index is 0.595. The summed E-state index contributed by atoms with van der Waals surface area (Å²) < 4.78 is 11.6. The SMILES string of the molecule is C1=Cc2nc1c(-c1ccccc1)c1ccc([nH]1)c(-c1ccccc1)c1nc(c(-c3ccc(OB4n5c6c7ccccc7c5N=c5c7ccccc7c(n54)=NC4=NC(=N6)c5ccccc54)cc3)c3ccc([nH]3)c2-c2ccccc2)C=C1. The van der Waals surface area contributed by atoms with Gasteiger partial charge in [0.2, 0.25) is 0 Å². The molecule has 12 heteroatoms. The number of amidine groups is 2. The van der Waals surface area contributed by atoms with Gasteiger partial charge in [-0.2, -0.15) is 0 Å². The Morgan fingerprint density at radius 1 is 0.325 bits per heavy atom. The number of nitrogens with zero attached hydrogens (tertiary/aromatic N) is 8. The molecule has 0 amide bonds. The lowest BCUT2D eigenvalue weighted by molar-refractivity contribution is 0.529. The maximum atomic E-state index is 7.38. The maximum absolute atomic E-state index is 7.38. The van der Waals surface area contributed by atoms with E-state index < -0.39 is 7.19 Å². The minimum atomic E-state index is -0.776. The fraction of sp³-hybridized carbons (Fsp3) is 0. The molecule has 372 valence electrons. The summed E-state index contributed by atoms with van der Waals surface area (Å²) in [5, 5.41) is 3.82. The third-order valence-electron chi connectivity index (χ3n) is 15.8. The van der Waals surface area contributed by atoms with Gasteiger partial charge in [-0.15, -0.1) is 0 Å². The van der Waals surface area contributed by atoms with E-state index in [4.69, 9.17) is 34.6 Å². The van der Waals surface area contributed by atoms with E-state index in [2.05, 4.69) is 189 Å². The zero-order valence-corrected chi connectivity index (χ0v) is 42.6. The largest absolute Gasteiger partial charge is 0.633 e. The van der Waals surface area contributed by atoms with Gasteiger partial charge in [-0.25, -0.2) is 29.9 Å². The van der Waals surface area contributed by atoms with Crippen LogP contribution in [-0.4, -0.2) is 47.7 Å². The highest BCUT2D eigenvalue weighted by Gasteiger charge is 2.40. The Balaban J connectivity index is 0.888. The van der Waals surface area contributed by atoms with Crippen molar-refractivity contribution in [2.75, 3.05) is 0 Å². The molecular formula is C68H41BN10O. The third-order valence-corrected chi connectivity index (χ3v) is 15.8. The highest BCUT2D eigenvalue weighted by molar-refractivity contribution is 6.52. The number of H-pyrrole nitrogens is 2. The van der Waals surface area contributed by atoms with Crippen molar-refractivity contribution in [1.82, 2.24) is 28.9 Å². The second-order valence-electron chi connectivity index (χ2n) is 20.3. The Bertz CT molecular complexity index is 5050. The Labute approximate surface area is 457 Å². The van der Waals surface area contributed by atoms with Crippen LogP contribution >= 0.6 is 0 Å². The van der Waals surface area contributed by atoms with Crippen molar-refractivity contribution in [2.45, 2.75) is 0 Å². The van der Waals surface area contributed by atoms with E-state index >= 15 is 0 Å². The zero-order chi connectivity index (χ0) is 52.4. The molecule has 11 nitrogen and oxygen atoms in total. The quantitative estimate of drug-likeness (QED) is 0.161. The lowest BCUT2D eigenvalue weighted by atomic mass is 9.97. The number of fused-ring (bicyclic) bond motifs is 18. The highest BCUT2D eigenvalue weighted by atomic mass is 16.5. The van der Waals surface area contributed by atoms with Crippen molar-refractivity contribution in [1.29, 1.82) is 0 Å². The summed E-state index contributed by atoms with van der Waals surface area (Å²) in [5.74, 6) is 3.28. The van der Waals surface area contributed by atoms with E-state index in [0.29, 0.717) is 28.7 Å². The molecule has 5 aromatic heterocycles. The molecule has 0 saturated heterocycles. The van der Waals surface area contributed by atoms with Crippen molar-refractivity contribution in [3.63, 3.8) is 0 Å². The van der Waals surface area contributed by atoms with E-state index in [1.165, 1.54) is 0 Å². The third kappa shape index (κ3) is 6.75. The van der Waals surface area contributed by atoms with Crippen molar-refractivity contribution >= 4 is 98.4 Å². The molecule has 0 radical (unpaired) electrons. The molecule has 0 saturated carbocycles. The average Bonchev–Trinajstić information content (AvgIpc) is 4.57. The maximum Gasteiger partial charge on any atom is 0.633 e. The number of aliphatic imine (C=N–C) groups is 2. The summed E-state index contributed by atoms with van der Waals surface area (Å²) in [6.45, 7) is 0. The van der Waals surface area contributed by atoms with Gasteiger partial charge in [0, 0.05) is 77.0 Å². The molecule has 0 atom stereocenters. The van der Waals surface area contributed by atoms with Gasteiger partial charge in [-0.05, 0) is 83.0 Å². The highest BCUT2D eigenvalue weighted by Crippen LogP contribution is 2.43. The van der Waals surface area contributed by atoms with Crippen LogP contribution < -0.4 is 15.6 Å². The van der Waals surface area contributed by atoms with Crippen molar-refractivity contribution in [2.24, 2.45) is 20.0 Å². The summed E-state index contributed by atoms with van der Waals surface area (Å²) in [6.07, 6.45) is 8.53. The molecule has 12 aromatic rings. The van der Waals surface area contributed by atoms with Crippen LogP contribution in [0, 0.1) is 0 Å². The first kappa shape index (κ1) is 44.2. The smallest absolute Gasteiger partial charge is 0.523 e. The van der Waals surface area contributed by atoms with Crippen LogP contribution in [0.5, 0.6) is 5.75 Å². The first-order valence-corrected chi connectivity index (χ1v) is 26.7. The second-order valence-corrected chi connectivity index (χ2v) is 20.3. The molecule has 0 aliphatic carbocycles. The second kappa shape index (κ2) is 17.3. The number of benzene rings is 7. The predicted molar refractivity (Wildman–Crippen MR) is 323 cm³/mol. The molecule has 2 N–H and O–H groups in total. The molecule has 80 heavy (non-hydrogen) atoms. The molecule has 12 bridgehead atoms. The molecule has 5 aliphatic heterocycles. The number of aromatic amines is 2. The summed E-state index contributed by atoms with van der Waals surface area (Å²) >= 11 is 0. The Morgan fingerprint density at radius 3 is 1.16 bits per heavy atom. The standard InChI is InChI=1S/C68H41BN10O/c1-4-16-40(17-5-1)59-51-32-34-53(70-51)60(41-18-6-2-7-19-41)55-36-38-57(72-55)62(58-39-37-56(73-58)61(42-20-8-3-9-21-42)54-35-33-52(59)71-54)43-28-30-44(31-29-43)80-69-78-65-47-24-12-14-26-49(47)67(78)77-68-50-27-15-13-25-48(50)66(79(68)69)76-64-46-23-11-10-22-45(46)63(74-64)75-65/h1-39,70,73H. The monoisotopic (exact) mass is 1020 g/mol. The molecule has 0 unspecified atom stereocenters. The number of hydrogen-bond donors (Lipinski definition) is 2. The van der Waals surface area contributed by atoms with Crippen LogP contribution in [0.4, 0.5) is 11.6 Å². The average molecular weight is 1020 g/mol. The van der Waals surface area contributed by atoms with Gasteiger partial charge in [-0.1, -0.05) is 176 Å². The Morgan fingerprint density at radius 2 is 0.700 bits per heavy atom. The van der Waals surface area contributed by atoms with E-state index in [1.807, 2.05) is 66.7 Å². The topological polar surface area (TPSA) is 126 Å². The molecule has 7 aromatic carbocycles. The Kier molecular flexibility index (Phi) is 9.54. The minimum Gasteiger partial charge on any atom is -0.523 e. The van der Waals surface area contributed by atoms with Gasteiger partial charge in [0.1, 0.15) is 28.4 Å². The van der Waals surface area contributed by atoms with Crippen molar-refractivity contribution in [3.8, 4) is 50.3 Å². The summed E-state index contributed by atoms with van der Waals surface area (Å²) in [4.78, 5) is 40.1. The van der Waals surface area contributed by atoms with Crippen LogP contribution in [0.15, 0.2) is 232 Å². The van der Waals surface area contributed by atoms with Gasteiger partial charge < -0.3 is 14.6 Å². The normalized spacial score (nSPS) is 13.5. The number of rotatable bonds is 6. The molecule has 17 rings (SSSR count). The van der Waals surface area contributed by atoms with Gasteiger partial charge >= 0.3 is 7.19 Å². The number of nitrogens with one attached hydrogen (secondary N) is 2. The van der Waals surface area contributed by atoms with Gasteiger partial charge in [0.15, 0.2) is 11.7 Å². The van der Waals surface area contributed by atoms with E-state index in [9.17, 15) is 0 Å². The first-order chi connectivity index (χ1) is 39.6. The van der Waals surface area contributed by atoms with E-state index in [-0.39, 0.29) is 0 Å². The van der Waals surface area contributed by atoms with Crippen LogP contribution in [0.3, 0.4) is 0 Å². The van der Waals surface area contributed by atoms with Gasteiger partial charge in [-0.3, -0.25) is 8.96 Å².